The van der Waals surface area contributed by atoms with Gasteiger partial charge in [-0.1, -0.05) is 40.0 Å². The van der Waals surface area contributed by atoms with Crippen LogP contribution < -0.4 is 4.72 Å². The molecular formula is C22H36N2O3S2. The fourth-order valence-electron chi connectivity index (χ4n) is 3.66. The molecule has 0 aromatic heterocycles. The number of amides is 1. The van der Waals surface area contributed by atoms with Crippen LogP contribution in [0, 0.1) is 11.8 Å². The zero-order valence-electron chi connectivity index (χ0n) is 18.2. The predicted octanol–water partition coefficient (Wildman–Crippen LogP) is 4.78. The van der Waals surface area contributed by atoms with E-state index in [0.29, 0.717) is 23.9 Å². The van der Waals surface area contributed by atoms with Gasteiger partial charge in [0.1, 0.15) is 0 Å². The van der Waals surface area contributed by atoms with Crippen LogP contribution in [-0.2, 0) is 10.0 Å². The Labute approximate surface area is 181 Å². The number of likely N-dealkylation sites (tertiary alicyclic amines) is 1. The molecule has 29 heavy (non-hydrogen) atoms. The van der Waals surface area contributed by atoms with E-state index in [2.05, 4.69) is 25.5 Å². The number of nitrogens with one attached hydrogen (secondary N) is 1. The summed E-state index contributed by atoms with van der Waals surface area (Å²) in [5.74, 6) is 0.911. The minimum atomic E-state index is -3.64. The zero-order chi connectivity index (χ0) is 21.4. The number of hydrogen-bond acceptors (Lipinski definition) is 4. The summed E-state index contributed by atoms with van der Waals surface area (Å²) >= 11 is 1.48. The summed E-state index contributed by atoms with van der Waals surface area (Å²) in [6, 6.07) is 4.92. The second-order valence-electron chi connectivity index (χ2n) is 8.11. The lowest BCUT2D eigenvalue weighted by molar-refractivity contribution is 0.0693. The van der Waals surface area contributed by atoms with Gasteiger partial charge < -0.3 is 4.90 Å². The van der Waals surface area contributed by atoms with Gasteiger partial charge in [-0.3, -0.25) is 4.79 Å². The molecule has 1 unspecified atom stereocenters. The molecule has 1 fully saturated rings. The van der Waals surface area contributed by atoms with E-state index in [4.69, 9.17) is 0 Å². The first-order valence-corrected chi connectivity index (χ1v) is 13.5. The molecule has 0 spiro atoms. The first kappa shape index (κ1) is 24.2. The van der Waals surface area contributed by atoms with Gasteiger partial charge in [0.25, 0.3) is 5.91 Å². The summed E-state index contributed by atoms with van der Waals surface area (Å²) in [5.41, 5.74) is 0.493. The van der Waals surface area contributed by atoms with Crippen LogP contribution in [-0.4, -0.2) is 45.1 Å². The van der Waals surface area contributed by atoms with Gasteiger partial charge in [0.15, 0.2) is 0 Å². The first-order chi connectivity index (χ1) is 13.8. The largest absolute Gasteiger partial charge is 0.339 e. The number of benzene rings is 1. The van der Waals surface area contributed by atoms with E-state index in [9.17, 15) is 13.2 Å². The highest BCUT2D eigenvalue weighted by molar-refractivity contribution is 7.98. The van der Waals surface area contributed by atoms with Crippen molar-refractivity contribution in [3.05, 3.63) is 23.8 Å². The molecule has 164 valence electrons. The van der Waals surface area contributed by atoms with Crippen molar-refractivity contribution in [3.63, 3.8) is 0 Å². The molecule has 1 aliphatic rings. The standard InChI is InChI=1S/C22H36N2O3S2/c1-5-7-8-18(6-2)16-23-29(26,27)19-9-10-21(28-4)20(15-19)22(25)24-13-11-17(3)12-14-24/h9-10,15,17-18,23H,5-8,11-14,16H2,1-4H3. The van der Waals surface area contributed by atoms with Crippen LogP contribution in [0.15, 0.2) is 28.0 Å². The van der Waals surface area contributed by atoms with Gasteiger partial charge in [-0.15, -0.1) is 11.8 Å². The third-order valence-corrected chi connectivity index (χ3v) is 8.10. The minimum absolute atomic E-state index is 0.0623. The number of hydrogen-bond donors (Lipinski definition) is 1. The maximum Gasteiger partial charge on any atom is 0.255 e. The van der Waals surface area contributed by atoms with Gasteiger partial charge in [-0.2, -0.15) is 0 Å². The van der Waals surface area contributed by atoms with E-state index in [1.807, 2.05) is 11.2 Å². The van der Waals surface area contributed by atoms with Crippen molar-refractivity contribution in [3.8, 4) is 0 Å². The topological polar surface area (TPSA) is 66.5 Å². The van der Waals surface area contributed by atoms with Crippen molar-refractivity contribution in [2.24, 2.45) is 11.8 Å². The molecule has 1 N–H and O–H groups in total. The number of sulfonamides is 1. The normalized spacial score (nSPS) is 16.8. The molecular weight excluding hydrogens is 404 g/mol. The van der Waals surface area contributed by atoms with Crippen molar-refractivity contribution in [2.45, 2.75) is 69.1 Å². The Kier molecular flexibility index (Phi) is 9.50. The van der Waals surface area contributed by atoms with E-state index in [1.165, 1.54) is 11.8 Å². The lowest BCUT2D eigenvalue weighted by Crippen LogP contribution is -2.38. The number of rotatable bonds is 10. The number of unbranched alkanes of at least 4 members (excludes halogenated alkanes) is 1. The third kappa shape index (κ3) is 6.72. The fraction of sp³-hybridized carbons (Fsp3) is 0.682. The molecule has 1 atom stereocenters. The second-order valence-corrected chi connectivity index (χ2v) is 10.7. The van der Waals surface area contributed by atoms with E-state index >= 15 is 0 Å². The smallest absolute Gasteiger partial charge is 0.255 e. The van der Waals surface area contributed by atoms with Crippen LogP contribution in [0.5, 0.6) is 0 Å². The highest BCUT2D eigenvalue weighted by atomic mass is 32.2. The van der Waals surface area contributed by atoms with Gasteiger partial charge in [-0.25, -0.2) is 13.1 Å². The fourth-order valence-corrected chi connectivity index (χ4v) is 5.37. The third-order valence-electron chi connectivity index (χ3n) is 5.89. The molecule has 1 heterocycles. The summed E-state index contributed by atoms with van der Waals surface area (Å²) in [6.07, 6.45) is 8.10. The van der Waals surface area contributed by atoms with Crippen LogP contribution in [0.3, 0.4) is 0 Å². The lowest BCUT2D eigenvalue weighted by Gasteiger charge is -2.30. The summed E-state index contributed by atoms with van der Waals surface area (Å²) in [4.78, 5) is 15.9. The Bertz CT molecular complexity index is 772. The van der Waals surface area contributed by atoms with Gasteiger partial charge in [-0.05, 0) is 55.6 Å². The van der Waals surface area contributed by atoms with Gasteiger partial charge in [0.05, 0.1) is 10.5 Å². The van der Waals surface area contributed by atoms with Crippen LogP contribution in [0.25, 0.3) is 0 Å². The molecule has 0 aliphatic carbocycles. The van der Waals surface area contributed by atoms with Gasteiger partial charge in [0, 0.05) is 24.5 Å². The van der Waals surface area contributed by atoms with Crippen molar-refractivity contribution in [1.29, 1.82) is 0 Å². The Morgan fingerprint density at radius 2 is 1.97 bits per heavy atom. The lowest BCUT2D eigenvalue weighted by atomic mass is 9.98. The summed E-state index contributed by atoms with van der Waals surface area (Å²) in [5, 5.41) is 0. The van der Waals surface area contributed by atoms with Crippen LogP contribution in [0.1, 0.15) is 69.7 Å². The van der Waals surface area contributed by atoms with Gasteiger partial charge in [0.2, 0.25) is 10.0 Å². The SMILES string of the molecule is CCCCC(CC)CNS(=O)(=O)c1ccc(SC)c(C(=O)N2CCC(C)CC2)c1. The van der Waals surface area contributed by atoms with Gasteiger partial charge >= 0.3 is 0 Å². The molecule has 7 heteroatoms. The number of carbonyl (C=O) groups excluding carboxylic acids is 1. The second kappa shape index (κ2) is 11.4. The van der Waals surface area contributed by atoms with E-state index < -0.39 is 10.0 Å². The van der Waals surface area contributed by atoms with E-state index in [-0.39, 0.29) is 10.8 Å². The molecule has 1 amide bonds. The summed E-state index contributed by atoms with van der Waals surface area (Å²) in [6.45, 7) is 8.36. The molecule has 1 aromatic rings. The molecule has 1 aliphatic heterocycles. The number of carbonyl (C=O) groups is 1. The monoisotopic (exact) mass is 440 g/mol. The van der Waals surface area contributed by atoms with Crippen molar-refractivity contribution in [2.75, 3.05) is 25.9 Å². The maximum atomic E-state index is 13.1. The molecule has 2 rings (SSSR count). The highest BCUT2D eigenvalue weighted by Gasteiger charge is 2.25. The van der Waals surface area contributed by atoms with Crippen molar-refractivity contribution >= 4 is 27.7 Å². The van der Waals surface area contributed by atoms with Crippen LogP contribution in [0.2, 0.25) is 0 Å². The first-order valence-electron chi connectivity index (χ1n) is 10.8. The molecule has 1 aromatic carbocycles. The summed E-state index contributed by atoms with van der Waals surface area (Å²) < 4.78 is 28.5. The van der Waals surface area contributed by atoms with Crippen molar-refractivity contribution in [1.82, 2.24) is 9.62 Å². The average molecular weight is 441 g/mol. The number of piperidine rings is 1. The minimum Gasteiger partial charge on any atom is -0.339 e. The molecule has 0 radical (unpaired) electrons. The quantitative estimate of drug-likeness (QED) is 0.532. The Balaban J connectivity index is 2.18. The Morgan fingerprint density at radius 1 is 1.28 bits per heavy atom. The molecule has 0 bridgehead atoms. The van der Waals surface area contributed by atoms with Crippen LogP contribution in [0.4, 0.5) is 0 Å². The average Bonchev–Trinajstić information content (AvgIpc) is 2.73. The predicted molar refractivity (Wildman–Crippen MR) is 121 cm³/mol. The van der Waals surface area contributed by atoms with Crippen LogP contribution >= 0.6 is 11.8 Å². The molecule has 1 saturated heterocycles. The number of nitrogens with zero attached hydrogens (tertiary/aromatic N) is 1. The maximum absolute atomic E-state index is 13.1. The molecule has 0 saturated carbocycles. The van der Waals surface area contributed by atoms with Crippen molar-refractivity contribution < 1.29 is 13.2 Å². The highest BCUT2D eigenvalue weighted by Crippen LogP contribution is 2.27. The summed E-state index contributed by atoms with van der Waals surface area (Å²) in [7, 11) is -3.64. The van der Waals surface area contributed by atoms with E-state index in [1.54, 1.807) is 18.2 Å². The van der Waals surface area contributed by atoms with E-state index in [0.717, 1.165) is 56.5 Å². The Hall–Kier alpha value is -1.05. The number of thioether (sulfide) groups is 1. The molecule has 5 nitrogen and oxygen atoms in total. The Morgan fingerprint density at radius 3 is 2.55 bits per heavy atom. The zero-order valence-corrected chi connectivity index (χ0v) is 19.9.